The predicted molar refractivity (Wildman–Crippen MR) is 106 cm³/mol. The largest absolute Gasteiger partial charge is 0.382 e. The Morgan fingerprint density at radius 1 is 1.39 bits per heavy atom. The zero-order chi connectivity index (χ0) is 27.3. The number of fused-ring (bicyclic) bond motifs is 5. The SMILES string of the molecule is [2H]C1([2H])CC([2H])([2H])C2([2H])c3cc(F)cnc3C([2H])([2H])C([2H])([2H])[C@@H](C)NC(=C)c3cnn4ccc(nc34)N12. The third-order valence-corrected chi connectivity index (χ3v) is 4.53. The Hall–Kier alpha value is -2.96. The summed E-state index contributed by atoms with van der Waals surface area (Å²) >= 11 is 0. The smallest absolute Gasteiger partial charge is 0.166 e. The summed E-state index contributed by atoms with van der Waals surface area (Å²) in [6, 6.07) is -2.00. The van der Waals surface area contributed by atoms with Gasteiger partial charge in [0.05, 0.1) is 25.3 Å². The summed E-state index contributed by atoms with van der Waals surface area (Å²) in [5.41, 5.74) is -0.732. The third kappa shape index (κ3) is 2.82. The Labute approximate surface area is 175 Å². The van der Waals surface area contributed by atoms with Crippen molar-refractivity contribution < 1.29 is 16.7 Å². The van der Waals surface area contributed by atoms with Crippen LogP contribution in [0.15, 0.2) is 37.3 Å². The molecule has 1 fully saturated rings. The lowest BCUT2D eigenvalue weighted by molar-refractivity contribution is 0.575. The lowest BCUT2D eigenvalue weighted by Crippen LogP contribution is -2.26. The summed E-state index contributed by atoms with van der Waals surface area (Å²) in [6.45, 7) is 2.77. The van der Waals surface area contributed by atoms with Gasteiger partial charge in [-0.1, -0.05) is 6.58 Å². The van der Waals surface area contributed by atoms with Gasteiger partial charge in [-0.3, -0.25) is 4.98 Å². The van der Waals surface area contributed by atoms with E-state index in [2.05, 4.69) is 27.0 Å². The van der Waals surface area contributed by atoms with E-state index >= 15 is 0 Å². The number of hydrogen-bond donors (Lipinski definition) is 1. The van der Waals surface area contributed by atoms with Crippen LogP contribution >= 0.6 is 0 Å². The maximum absolute atomic E-state index is 14.6. The maximum atomic E-state index is 14.6. The number of aryl methyl sites for hydroxylation is 1. The van der Waals surface area contributed by atoms with Crippen LogP contribution in [0.5, 0.6) is 0 Å². The van der Waals surface area contributed by atoms with Crippen molar-refractivity contribution in [1.29, 1.82) is 0 Å². The summed E-state index contributed by atoms with van der Waals surface area (Å²) < 4.78 is 95.2. The van der Waals surface area contributed by atoms with Gasteiger partial charge < -0.3 is 10.2 Å². The normalized spacial score (nSPS) is 36.8. The Kier molecular flexibility index (Phi) is 2.35. The lowest BCUT2D eigenvalue weighted by atomic mass is 9.98. The van der Waals surface area contributed by atoms with Crippen molar-refractivity contribution in [2.45, 2.75) is 44.5 Å². The van der Waals surface area contributed by atoms with Crippen LogP contribution in [0.1, 0.15) is 61.3 Å². The van der Waals surface area contributed by atoms with Gasteiger partial charge in [0.25, 0.3) is 0 Å². The zero-order valence-corrected chi connectivity index (χ0v) is 15.0. The molecular formula is C21H23FN6. The number of nitrogens with one attached hydrogen (secondary N) is 1. The van der Waals surface area contributed by atoms with Crippen LogP contribution in [0, 0.1) is 5.82 Å². The second kappa shape index (κ2) is 6.58. The first-order chi connectivity index (χ1) is 16.9. The zero-order valence-electron chi connectivity index (χ0n) is 24.0. The van der Waals surface area contributed by atoms with Crippen LogP contribution in [0.4, 0.5) is 10.2 Å². The van der Waals surface area contributed by atoms with Crippen LogP contribution in [-0.4, -0.2) is 32.1 Å². The van der Waals surface area contributed by atoms with Crippen molar-refractivity contribution in [2.24, 2.45) is 0 Å². The number of hydrogen-bond acceptors (Lipinski definition) is 5. The number of pyridine rings is 1. The fourth-order valence-corrected chi connectivity index (χ4v) is 3.24. The Morgan fingerprint density at radius 3 is 3.18 bits per heavy atom. The van der Waals surface area contributed by atoms with E-state index in [1.54, 1.807) is 0 Å². The van der Waals surface area contributed by atoms with Crippen molar-refractivity contribution in [2.75, 3.05) is 11.4 Å². The quantitative estimate of drug-likeness (QED) is 0.640. The van der Waals surface area contributed by atoms with E-state index in [0.29, 0.717) is 11.8 Å². The third-order valence-electron chi connectivity index (χ3n) is 4.53. The van der Waals surface area contributed by atoms with E-state index < -0.39 is 61.2 Å². The molecule has 2 aliphatic rings. The summed E-state index contributed by atoms with van der Waals surface area (Å²) in [5.74, 6) is -1.20. The molecule has 3 aromatic rings. The molecule has 0 radical (unpaired) electrons. The molecule has 5 rings (SSSR count). The van der Waals surface area contributed by atoms with Crippen LogP contribution in [-0.2, 0) is 6.37 Å². The highest BCUT2D eigenvalue weighted by Crippen LogP contribution is 2.37. The first kappa shape index (κ1) is 10.0. The molecule has 2 atom stereocenters. The van der Waals surface area contributed by atoms with Crippen LogP contribution in [0.3, 0.4) is 0 Å². The summed E-state index contributed by atoms with van der Waals surface area (Å²) in [6.07, 6.45) is -5.81. The molecule has 1 saturated heterocycles. The van der Waals surface area contributed by atoms with Crippen molar-refractivity contribution in [1.82, 2.24) is 24.9 Å². The first-order valence-corrected chi connectivity index (χ1v) is 8.72. The first-order valence-electron chi connectivity index (χ1n) is 13.2. The van der Waals surface area contributed by atoms with E-state index in [1.165, 1.54) is 29.9 Å². The highest BCUT2D eigenvalue weighted by atomic mass is 19.1. The van der Waals surface area contributed by atoms with Gasteiger partial charge in [0.1, 0.15) is 11.6 Å². The van der Waals surface area contributed by atoms with Crippen LogP contribution in [0.25, 0.3) is 11.3 Å². The van der Waals surface area contributed by atoms with Crippen molar-refractivity contribution in [3.8, 4) is 0 Å². The lowest BCUT2D eigenvalue weighted by Gasteiger charge is -2.27. The molecule has 0 amide bonds. The maximum Gasteiger partial charge on any atom is 0.166 e. The molecule has 2 aliphatic heterocycles. The average molecular weight is 388 g/mol. The minimum atomic E-state index is -3.00. The number of rotatable bonds is 0. The van der Waals surface area contributed by atoms with E-state index in [4.69, 9.17) is 11.0 Å². The van der Waals surface area contributed by atoms with E-state index in [1.807, 2.05) is 0 Å². The summed E-state index contributed by atoms with van der Waals surface area (Å²) in [5, 5.41) is 7.02. The van der Waals surface area contributed by atoms with E-state index in [-0.39, 0.29) is 17.2 Å². The number of halogens is 1. The molecule has 144 valence electrons. The van der Waals surface area contributed by atoms with Gasteiger partial charge in [0.15, 0.2) is 5.65 Å². The fraction of sp³-hybridized carbons (Fsp3) is 0.381. The Balaban J connectivity index is 1.94. The minimum absolute atomic E-state index is 0.160. The monoisotopic (exact) mass is 387 g/mol. The van der Waals surface area contributed by atoms with E-state index in [0.717, 1.165) is 11.0 Å². The van der Waals surface area contributed by atoms with Gasteiger partial charge in [-0.15, -0.1) is 0 Å². The summed E-state index contributed by atoms with van der Waals surface area (Å²) in [4.78, 5) is 9.04. The molecule has 6 nitrogen and oxygen atoms in total. The molecule has 5 heterocycles. The number of anilines is 1. The molecule has 0 aromatic carbocycles. The fourth-order valence-electron chi connectivity index (χ4n) is 3.24. The van der Waals surface area contributed by atoms with Gasteiger partial charge in [0.2, 0.25) is 0 Å². The average Bonchev–Trinajstić information content (AvgIpc) is 3.26. The van der Waals surface area contributed by atoms with Gasteiger partial charge in [-0.2, -0.15) is 5.10 Å². The van der Waals surface area contributed by atoms with Gasteiger partial charge in [0, 0.05) is 41.1 Å². The van der Waals surface area contributed by atoms with Gasteiger partial charge in [-0.25, -0.2) is 13.9 Å². The second-order valence-electron chi connectivity index (χ2n) is 6.47. The van der Waals surface area contributed by atoms with Gasteiger partial charge >= 0.3 is 0 Å². The molecule has 0 saturated carbocycles. The Bertz CT molecular complexity index is 1440. The molecule has 7 heteroatoms. The topological polar surface area (TPSA) is 58.4 Å². The molecule has 0 spiro atoms. The minimum Gasteiger partial charge on any atom is -0.382 e. The summed E-state index contributed by atoms with van der Waals surface area (Å²) in [7, 11) is 0. The highest BCUT2D eigenvalue weighted by Gasteiger charge is 2.30. The highest BCUT2D eigenvalue weighted by molar-refractivity contribution is 5.74. The number of nitrogens with zero attached hydrogens (tertiary/aromatic N) is 5. The van der Waals surface area contributed by atoms with E-state index in [9.17, 15) is 5.76 Å². The molecule has 0 aliphatic carbocycles. The van der Waals surface area contributed by atoms with Crippen molar-refractivity contribution >= 4 is 17.2 Å². The van der Waals surface area contributed by atoms with Crippen LogP contribution in [0.2, 0.25) is 0 Å². The molecule has 1 unspecified atom stereocenters. The molecule has 3 aromatic heterocycles. The number of aromatic nitrogens is 4. The second-order valence-corrected chi connectivity index (χ2v) is 6.47. The molecule has 2 bridgehead atoms. The predicted octanol–water partition coefficient (Wildman–Crippen LogP) is 3.50. The standard InChI is InChI=1S/C21H23FN6/c1-13-5-6-18-16(10-15(22)11-23-18)19-4-3-8-27(19)20-7-9-28-21(26-20)17(12-24-28)14(2)25-13/h7,9-13,19,25H,2-6,8H2,1H3/t13-,19?/m1/s1/i4D2,5D2,6D2,8D2,19D. The molecule has 28 heavy (non-hydrogen) atoms. The van der Waals surface area contributed by atoms with Gasteiger partial charge in [-0.05, 0) is 50.2 Å². The molecular weight excluding hydrogens is 355 g/mol. The van der Waals surface area contributed by atoms with Crippen LogP contribution < -0.4 is 10.2 Å². The van der Waals surface area contributed by atoms with Crippen molar-refractivity contribution in [3.05, 3.63) is 59.9 Å². The Morgan fingerprint density at radius 2 is 2.29 bits per heavy atom. The molecule has 1 N–H and O–H groups in total. The van der Waals surface area contributed by atoms with Crippen molar-refractivity contribution in [3.63, 3.8) is 0 Å².